The summed E-state index contributed by atoms with van der Waals surface area (Å²) in [6.07, 6.45) is 3.02. The van der Waals surface area contributed by atoms with Crippen LogP contribution in [0.5, 0.6) is 0 Å². The third kappa shape index (κ3) is 4.15. The average Bonchev–Trinajstić information content (AvgIpc) is 3.44. The SMILES string of the molecule is Cc1c(N(C)S(=O)(=O)c2cccc(C(=O)NCc3ccoc3)c2)c(=O)n(-c2ccccc2)n1C. The van der Waals surface area contributed by atoms with Crippen molar-refractivity contribution in [3.8, 4) is 5.69 Å². The first kappa shape index (κ1) is 23.1. The van der Waals surface area contributed by atoms with Gasteiger partial charge in [-0.3, -0.25) is 18.6 Å². The fourth-order valence-corrected chi connectivity index (χ4v) is 4.96. The number of benzene rings is 2. The van der Waals surface area contributed by atoms with Crippen molar-refractivity contribution in [1.29, 1.82) is 0 Å². The monoisotopic (exact) mass is 480 g/mol. The van der Waals surface area contributed by atoms with Crippen LogP contribution in [0.15, 0.2) is 87.3 Å². The van der Waals surface area contributed by atoms with Crippen molar-refractivity contribution in [2.24, 2.45) is 7.05 Å². The van der Waals surface area contributed by atoms with Crippen LogP contribution >= 0.6 is 0 Å². The van der Waals surface area contributed by atoms with E-state index in [1.807, 2.05) is 6.07 Å². The molecule has 9 nitrogen and oxygen atoms in total. The summed E-state index contributed by atoms with van der Waals surface area (Å²) in [6.45, 7) is 1.93. The van der Waals surface area contributed by atoms with Crippen LogP contribution in [0.2, 0.25) is 0 Å². The van der Waals surface area contributed by atoms with Gasteiger partial charge in [0.15, 0.2) is 0 Å². The van der Waals surface area contributed by atoms with Gasteiger partial charge in [0.2, 0.25) is 0 Å². The molecule has 0 aliphatic heterocycles. The number of anilines is 1. The minimum atomic E-state index is -4.13. The number of amides is 1. The Hall–Kier alpha value is -4.05. The molecule has 4 rings (SSSR count). The Kier molecular flexibility index (Phi) is 6.16. The molecule has 2 aromatic carbocycles. The molecule has 2 heterocycles. The van der Waals surface area contributed by atoms with E-state index in [0.29, 0.717) is 11.4 Å². The normalized spacial score (nSPS) is 11.4. The predicted molar refractivity (Wildman–Crippen MR) is 128 cm³/mol. The average molecular weight is 481 g/mol. The Morgan fingerprint density at radius 3 is 2.50 bits per heavy atom. The van der Waals surface area contributed by atoms with Gasteiger partial charge in [0.25, 0.3) is 21.5 Å². The Labute approximate surface area is 196 Å². The van der Waals surface area contributed by atoms with Crippen LogP contribution in [0.1, 0.15) is 21.6 Å². The maximum atomic E-state index is 13.4. The Bertz CT molecular complexity index is 1490. The second kappa shape index (κ2) is 9.06. The third-order valence-electron chi connectivity index (χ3n) is 5.63. The van der Waals surface area contributed by atoms with Gasteiger partial charge in [0.1, 0.15) is 5.69 Å². The number of aromatic nitrogens is 2. The van der Waals surface area contributed by atoms with Crippen LogP contribution < -0.4 is 15.2 Å². The molecule has 0 aliphatic rings. The molecule has 10 heteroatoms. The molecule has 2 aromatic heterocycles. The van der Waals surface area contributed by atoms with Gasteiger partial charge in [-0.05, 0) is 43.3 Å². The molecule has 34 heavy (non-hydrogen) atoms. The molecule has 0 spiro atoms. The molecule has 0 fully saturated rings. The van der Waals surface area contributed by atoms with Crippen molar-refractivity contribution in [3.63, 3.8) is 0 Å². The van der Waals surface area contributed by atoms with E-state index in [-0.39, 0.29) is 22.7 Å². The molecule has 0 aliphatic carbocycles. The summed E-state index contributed by atoms with van der Waals surface area (Å²) in [5.74, 6) is -0.428. The number of hydrogen-bond acceptors (Lipinski definition) is 5. The number of nitrogens with zero attached hydrogens (tertiary/aromatic N) is 3. The molecular weight excluding hydrogens is 456 g/mol. The van der Waals surface area contributed by atoms with Crippen molar-refractivity contribution in [3.05, 3.63) is 100 Å². The quantitative estimate of drug-likeness (QED) is 0.438. The molecule has 4 aromatic rings. The van der Waals surface area contributed by atoms with E-state index in [2.05, 4.69) is 5.32 Å². The van der Waals surface area contributed by atoms with Crippen molar-refractivity contribution in [2.45, 2.75) is 18.4 Å². The van der Waals surface area contributed by atoms with Gasteiger partial charge < -0.3 is 9.73 Å². The molecule has 176 valence electrons. The van der Waals surface area contributed by atoms with E-state index in [4.69, 9.17) is 4.42 Å². The zero-order valence-corrected chi connectivity index (χ0v) is 19.7. The maximum absolute atomic E-state index is 13.4. The number of rotatable bonds is 7. The highest BCUT2D eigenvalue weighted by Gasteiger charge is 2.29. The van der Waals surface area contributed by atoms with Crippen LogP contribution in [0, 0.1) is 6.92 Å². The summed E-state index contributed by atoms with van der Waals surface area (Å²) in [6, 6.07) is 16.4. The van der Waals surface area contributed by atoms with E-state index in [1.54, 1.807) is 49.0 Å². The van der Waals surface area contributed by atoms with E-state index in [9.17, 15) is 18.0 Å². The Morgan fingerprint density at radius 2 is 1.82 bits per heavy atom. The summed E-state index contributed by atoms with van der Waals surface area (Å²) in [5, 5.41) is 2.72. The molecule has 0 bridgehead atoms. The lowest BCUT2D eigenvalue weighted by Gasteiger charge is -2.18. The van der Waals surface area contributed by atoms with Crippen LogP contribution in [0.4, 0.5) is 5.69 Å². The Morgan fingerprint density at radius 1 is 1.09 bits per heavy atom. The summed E-state index contributed by atoms with van der Waals surface area (Å²) in [7, 11) is -1.10. The van der Waals surface area contributed by atoms with Gasteiger partial charge in [-0.25, -0.2) is 13.1 Å². The molecule has 0 saturated carbocycles. The van der Waals surface area contributed by atoms with Gasteiger partial charge in [-0.2, -0.15) is 0 Å². The largest absolute Gasteiger partial charge is 0.472 e. The lowest BCUT2D eigenvalue weighted by molar-refractivity contribution is 0.0950. The molecule has 0 atom stereocenters. The van der Waals surface area contributed by atoms with Crippen LogP contribution in [-0.4, -0.2) is 30.7 Å². The van der Waals surface area contributed by atoms with Gasteiger partial charge in [0, 0.05) is 31.8 Å². The standard InChI is InChI=1S/C24H24N4O5S/c1-17-22(24(30)28(26(17)2)20-9-5-4-6-10-20)27(3)34(31,32)21-11-7-8-19(14-21)23(29)25-15-18-12-13-33-16-18/h4-14,16H,15H2,1-3H3,(H,25,29). The fourth-order valence-electron chi connectivity index (χ4n) is 3.67. The number of furan rings is 1. The van der Waals surface area contributed by atoms with Crippen LogP contribution in [0.3, 0.4) is 0 Å². The van der Waals surface area contributed by atoms with Crippen molar-refractivity contribution >= 4 is 21.6 Å². The first-order valence-electron chi connectivity index (χ1n) is 10.4. The molecule has 0 unspecified atom stereocenters. The highest BCUT2D eigenvalue weighted by molar-refractivity contribution is 7.92. The topological polar surface area (TPSA) is 107 Å². The minimum absolute atomic E-state index is 0.0289. The molecule has 1 amide bonds. The van der Waals surface area contributed by atoms with E-state index >= 15 is 0 Å². The lowest BCUT2D eigenvalue weighted by atomic mass is 10.2. The summed E-state index contributed by atoms with van der Waals surface area (Å²) in [5.41, 5.74) is 1.63. The van der Waals surface area contributed by atoms with Gasteiger partial charge in [0.05, 0.1) is 28.8 Å². The second-order valence-corrected chi connectivity index (χ2v) is 9.69. The van der Waals surface area contributed by atoms with E-state index in [0.717, 1.165) is 9.87 Å². The summed E-state index contributed by atoms with van der Waals surface area (Å²) >= 11 is 0. The Balaban J connectivity index is 1.66. The zero-order chi connectivity index (χ0) is 24.5. The number of nitrogens with one attached hydrogen (secondary N) is 1. The molecule has 1 N–H and O–H groups in total. The minimum Gasteiger partial charge on any atom is -0.472 e. The first-order chi connectivity index (χ1) is 16.2. The van der Waals surface area contributed by atoms with Gasteiger partial charge in [-0.1, -0.05) is 24.3 Å². The van der Waals surface area contributed by atoms with Crippen molar-refractivity contribution < 1.29 is 17.6 Å². The van der Waals surface area contributed by atoms with Crippen LogP contribution in [-0.2, 0) is 23.6 Å². The number of carbonyl (C=O) groups excluding carboxylic acids is 1. The number of carbonyl (C=O) groups is 1. The highest BCUT2D eigenvalue weighted by atomic mass is 32.2. The summed E-state index contributed by atoms with van der Waals surface area (Å²) in [4.78, 5) is 25.7. The smallest absolute Gasteiger partial charge is 0.296 e. The molecule has 0 saturated heterocycles. The molecule has 0 radical (unpaired) electrons. The zero-order valence-electron chi connectivity index (χ0n) is 18.9. The van der Waals surface area contributed by atoms with E-state index in [1.165, 1.54) is 48.5 Å². The van der Waals surface area contributed by atoms with Crippen LogP contribution in [0.25, 0.3) is 5.69 Å². The fraction of sp³-hybridized carbons (Fsp3) is 0.167. The van der Waals surface area contributed by atoms with Crippen molar-refractivity contribution in [1.82, 2.24) is 14.7 Å². The first-order valence-corrected chi connectivity index (χ1v) is 11.9. The third-order valence-corrected chi connectivity index (χ3v) is 7.38. The predicted octanol–water partition coefficient (Wildman–Crippen LogP) is 2.83. The highest BCUT2D eigenvalue weighted by Crippen LogP contribution is 2.24. The van der Waals surface area contributed by atoms with E-state index < -0.39 is 21.5 Å². The number of hydrogen-bond donors (Lipinski definition) is 1. The van der Waals surface area contributed by atoms with Crippen molar-refractivity contribution in [2.75, 3.05) is 11.4 Å². The maximum Gasteiger partial charge on any atom is 0.296 e. The summed E-state index contributed by atoms with van der Waals surface area (Å²) < 4.78 is 35.8. The lowest BCUT2D eigenvalue weighted by Crippen LogP contribution is -2.32. The second-order valence-electron chi connectivity index (χ2n) is 7.72. The molecular formula is C24H24N4O5S. The number of para-hydroxylation sites is 1. The number of sulfonamides is 1. The van der Waals surface area contributed by atoms with Gasteiger partial charge in [-0.15, -0.1) is 0 Å². The van der Waals surface area contributed by atoms with Gasteiger partial charge >= 0.3 is 0 Å².